The monoisotopic (exact) mass is 511 g/mol. The number of benzene rings is 3. The van der Waals surface area contributed by atoms with Crippen LogP contribution in [0.25, 0.3) is 0 Å². The van der Waals surface area contributed by atoms with Crippen molar-refractivity contribution in [2.75, 3.05) is 31.1 Å². The lowest BCUT2D eigenvalue weighted by molar-refractivity contribution is -0.387. The molecule has 3 aromatic rings. The van der Waals surface area contributed by atoms with Crippen LogP contribution in [-0.2, 0) is 23.1 Å². The fourth-order valence-corrected chi connectivity index (χ4v) is 5.76. The quantitative estimate of drug-likeness (QED) is 0.341. The Balaban J connectivity index is 1.46. The molecule has 1 N–H and O–H groups in total. The molecule has 0 unspecified atom stereocenters. The number of nitrogens with one attached hydrogen (secondary N) is 1. The van der Waals surface area contributed by atoms with Crippen LogP contribution in [0.5, 0.6) is 0 Å². The zero-order valence-corrected chi connectivity index (χ0v) is 20.1. The summed E-state index contributed by atoms with van der Waals surface area (Å²) in [5.41, 5.74) is 1.90. The lowest BCUT2D eigenvalue weighted by Crippen LogP contribution is -2.48. The van der Waals surface area contributed by atoms with Crippen LogP contribution in [0.2, 0.25) is 0 Å². The van der Waals surface area contributed by atoms with Crippen molar-refractivity contribution in [2.24, 2.45) is 0 Å². The van der Waals surface area contributed by atoms with E-state index in [4.69, 9.17) is 0 Å². The molecule has 4 rings (SSSR count). The SMILES string of the molecule is O=[N+]([O-])c1ccc(N2CCN(S(=O)(=O)c3ccccc3[N+](=O)[O-])CC2)cc1CNCc1ccccc1. The van der Waals surface area contributed by atoms with E-state index in [0.29, 0.717) is 31.7 Å². The second kappa shape index (κ2) is 10.8. The Morgan fingerprint density at radius 3 is 2.08 bits per heavy atom. The van der Waals surface area contributed by atoms with Crippen molar-refractivity contribution in [3.63, 3.8) is 0 Å². The molecular formula is C24H25N5O6S. The molecule has 36 heavy (non-hydrogen) atoms. The predicted octanol–water partition coefficient (Wildman–Crippen LogP) is 3.30. The summed E-state index contributed by atoms with van der Waals surface area (Å²) < 4.78 is 27.4. The molecule has 1 saturated heterocycles. The molecule has 1 heterocycles. The molecule has 11 nitrogen and oxygen atoms in total. The van der Waals surface area contributed by atoms with Gasteiger partial charge in [0.2, 0.25) is 10.0 Å². The van der Waals surface area contributed by atoms with Gasteiger partial charge in [0.15, 0.2) is 4.90 Å². The molecule has 0 amide bonds. The molecule has 3 aromatic carbocycles. The molecule has 0 aromatic heterocycles. The second-order valence-corrected chi connectivity index (χ2v) is 10.2. The summed E-state index contributed by atoms with van der Waals surface area (Å²) in [6, 6.07) is 19.9. The molecule has 0 atom stereocenters. The lowest BCUT2D eigenvalue weighted by Gasteiger charge is -2.35. The minimum absolute atomic E-state index is 0.0110. The average Bonchev–Trinajstić information content (AvgIpc) is 2.89. The topological polar surface area (TPSA) is 139 Å². The Kier molecular flexibility index (Phi) is 7.58. The Bertz CT molecular complexity index is 1360. The second-order valence-electron chi connectivity index (χ2n) is 8.28. The first-order chi connectivity index (χ1) is 17.3. The maximum atomic E-state index is 13.1. The Morgan fingerprint density at radius 2 is 1.42 bits per heavy atom. The largest absolute Gasteiger partial charge is 0.369 e. The maximum Gasteiger partial charge on any atom is 0.289 e. The van der Waals surface area contributed by atoms with Gasteiger partial charge in [-0.3, -0.25) is 20.2 Å². The molecule has 0 radical (unpaired) electrons. The first-order valence-electron chi connectivity index (χ1n) is 11.3. The summed E-state index contributed by atoms with van der Waals surface area (Å²) in [4.78, 5) is 23.4. The third-order valence-electron chi connectivity index (χ3n) is 6.03. The van der Waals surface area contributed by atoms with Crippen molar-refractivity contribution in [1.82, 2.24) is 9.62 Å². The van der Waals surface area contributed by atoms with Crippen molar-refractivity contribution in [3.8, 4) is 0 Å². The van der Waals surface area contributed by atoms with Crippen LogP contribution in [0.3, 0.4) is 0 Å². The summed E-state index contributed by atoms with van der Waals surface area (Å²) in [5, 5.41) is 26.1. The van der Waals surface area contributed by atoms with E-state index in [1.807, 2.05) is 35.2 Å². The number of nitrogens with zero attached hydrogens (tertiary/aromatic N) is 4. The van der Waals surface area contributed by atoms with Crippen LogP contribution in [0.15, 0.2) is 77.7 Å². The molecule has 0 bridgehead atoms. The lowest BCUT2D eigenvalue weighted by atomic mass is 10.1. The zero-order valence-electron chi connectivity index (χ0n) is 19.3. The Labute approximate surface area is 208 Å². The number of piperazine rings is 1. The number of hydrogen-bond donors (Lipinski definition) is 1. The van der Waals surface area contributed by atoms with Gasteiger partial charge in [-0.05, 0) is 23.8 Å². The first kappa shape index (κ1) is 25.2. The van der Waals surface area contributed by atoms with E-state index in [1.165, 1.54) is 34.6 Å². The van der Waals surface area contributed by atoms with E-state index in [2.05, 4.69) is 5.32 Å². The van der Waals surface area contributed by atoms with Crippen molar-refractivity contribution < 1.29 is 18.3 Å². The summed E-state index contributed by atoms with van der Waals surface area (Å²) in [5.74, 6) is 0. The number of para-hydroxylation sites is 1. The molecule has 188 valence electrons. The normalized spacial score (nSPS) is 14.5. The van der Waals surface area contributed by atoms with Gasteiger partial charge in [0, 0.05) is 62.7 Å². The summed E-state index contributed by atoms with van der Waals surface area (Å²) in [7, 11) is -4.04. The number of nitro benzene ring substituents is 2. The van der Waals surface area contributed by atoms with Gasteiger partial charge in [-0.2, -0.15) is 4.31 Å². The number of sulfonamides is 1. The van der Waals surface area contributed by atoms with Crippen molar-refractivity contribution in [2.45, 2.75) is 18.0 Å². The van der Waals surface area contributed by atoms with E-state index < -0.39 is 25.6 Å². The molecule has 0 aliphatic carbocycles. The van der Waals surface area contributed by atoms with Crippen LogP contribution in [0.1, 0.15) is 11.1 Å². The highest BCUT2D eigenvalue weighted by molar-refractivity contribution is 7.89. The van der Waals surface area contributed by atoms with Crippen LogP contribution in [0.4, 0.5) is 17.1 Å². The van der Waals surface area contributed by atoms with Crippen molar-refractivity contribution >= 4 is 27.1 Å². The highest BCUT2D eigenvalue weighted by Crippen LogP contribution is 2.29. The minimum atomic E-state index is -4.04. The van der Waals surface area contributed by atoms with Crippen molar-refractivity contribution in [3.05, 3.63) is 104 Å². The van der Waals surface area contributed by atoms with Gasteiger partial charge in [-0.25, -0.2) is 8.42 Å². The number of rotatable bonds is 9. The standard InChI is InChI=1S/C24H25N5O6S/c30-28(31)22-11-10-21(16-20(22)18-25-17-19-6-2-1-3-7-19)26-12-14-27(15-13-26)36(34,35)24-9-5-4-8-23(24)29(32)33/h1-11,16,25H,12-15,17-18H2. The van der Waals surface area contributed by atoms with E-state index in [-0.39, 0.29) is 23.7 Å². The van der Waals surface area contributed by atoms with Crippen LogP contribution in [-0.4, -0.2) is 48.7 Å². The van der Waals surface area contributed by atoms with Crippen LogP contribution >= 0.6 is 0 Å². The van der Waals surface area contributed by atoms with Gasteiger partial charge in [-0.1, -0.05) is 42.5 Å². The van der Waals surface area contributed by atoms with Gasteiger partial charge in [0.25, 0.3) is 11.4 Å². The molecule has 1 aliphatic heterocycles. The summed E-state index contributed by atoms with van der Waals surface area (Å²) >= 11 is 0. The summed E-state index contributed by atoms with van der Waals surface area (Å²) in [6.07, 6.45) is 0. The molecule has 1 fully saturated rings. The fraction of sp³-hybridized carbons (Fsp3) is 0.250. The average molecular weight is 512 g/mol. The van der Waals surface area contributed by atoms with Gasteiger partial charge in [-0.15, -0.1) is 0 Å². The third-order valence-corrected chi connectivity index (χ3v) is 7.98. The highest BCUT2D eigenvalue weighted by Gasteiger charge is 2.33. The molecule has 0 spiro atoms. The van der Waals surface area contributed by atoms with E-state index in [0.717, 1.165) is 11.3 Å². The van der Waals surface area contributed by atoms with Gasteiger partial charge < -0.3 is 10.2 Å². The summed E-state index contributed by atoms with van der Waals surface area (Å²) in [6.45, 7) is 1.80. The van der Waals surface area contributed by atoms with E-state index >= 15 is 0 Å². The minimum Gasteiger partial charge on any atom is -0.369 e. The number of nitro groups is 2. The fourth-order valence-electron chi connectivity index (χ4n) is 4.18. The van der Waals surface area contributed by atoms with Crippen LogP contribution < -0.4 is 10.2 Å². The van der Waals surface area contributed by atoms with Gasteiger partial charge >= 0.3 is 0 Å². The van der Waals surface area contributed by atoms with E-state index in [9.17, 15) is 28.6 Å². The smallest absolute Gasteiger partial charge is 0.289 e. The maximum absolute atomic E-state index is 13.1. The molecule has 1 aliphatic rings. The first-order valence-corrected chi connectivity index (χ1v) is 12.7. The number of anilines is 1. The van der Waals surface area contributed by atoms with E-state index in [1.54, 1.807) is 12.1 Å². The van der Waals surface area contributed by atoms with Gasteiger partial charge in [0.05, 0.1) is 9.85 Å². The Morgan fingerprint density at radius 1 is 0.778 bits per heavy atom. The molecule has 0 saturated carbocycles. The molecule has 12 heteroatoms. The van der Waals surface area contributed by atoms with Gasteiger partial charge in [0.1, 0.15) is 0 Å². The number of hydrogen-bond acceptors (Lipinski definition) is 8. The molecular weight excluding hydrogens is 486 g/mol. The zero-order chi connectivity index (χ0) is 25.7. The van der Waals surface area contributed by atoms with Crippen LogP contribution in [0, 0.1) is 20.2 Å². The van der Waals surface area contributed by atoms with Crippen molar-refractivity contribution in [1.29, 1.82) is 0 Å². The predicted molar refractivity (Wildman–Crippen MR) is 134 cm³/mol. The highest BCUT2D eigenvalue weighted by atomic mass is 32.2. The Hall–Kier alpha value is -3.87. The third kappa shape index (κ3) is 5.51.